The van der Waals surface area contributed by atoms with Crippen molar-refractivity contribution in [3.63, 3.8) is 0 Å². The standard InChI is InChI=1S/C12H11NO6/c1-3-18-9-6-8(13(15)16)4-7-5-10(12(14)17-2)19-11(7)9/h4-6H,3H2,1-2H3. The SMILES string of the molecule is CCOc1cc([N+](=O)[O-])cc2cc(C(=O)OC)oc12. The number of esters is 1. The number of ether oxygens (including phenoxy) is 2. The van der Waals surface area contributed by atoms with Crippen molar-refractivity contribution in [3.8, 4) is 5.75 Å². The van der Waals surface area contributed by atoms with Gasteiger partial charge in [-0.25, -0.2) is 4.79 Å². The summed E-state index contributed by atoms with van der Waals surface area (Å²) < 4.78 is 15.1. The number of methoxy groups -OCH3 is 1. The van der Waals surface area contributed by atoms with Crippen LogP contribution in [0.25, 0.3) is 11.0 Å². The number of carbonyl (C=O) groups is 1. The zero-order valence-electron chi connectivity index (χ0n) is 10.3. The van der Waals surface area contributed by atoms with Crippen molar-refractivity contribution in [1.29, 1.82) is 0 Å². The van der Waals surface area contributed by atoms with E-state index < -0.39 is 10.9 Å². The Bertz CT molecular complexity index is 645. The number of carbonyl (C=O) groups excluding carboxylic acids is 1. The van der Waals surface area contributed by atoms with E-state index in [2.05, 4.69) is 4.74 Å². The average Bonchev–Trinajstić information content (AvgIpc) is 2.82. The van der Waals surface area contributed by atoms with E-state index in [1.54, 1.807) is 6.92 Å². The molecule has 0 unspecified atom stereocenters. The van der Waals surface area contributed by atoms with Gasteiger partial charge >= 0.3 is 5.97 Å². The Morgan fingerprint density at radius 3 is 2.74 bits per heavy atom. The molecule has 0 saturated heterocycles. The molecule has 0 spiro atoms. The summed E-state index contributed by atoms with van der Waals surface area (Å²) in [6.45, 7) is 2.07. The Morgan fingerprint density at radius 1 is 1.42 bits per heavy atom. The molecule has 0 fully saturated rings. The Morgan fingerprint density at radius 2 is 2.16 bits per heavy atom. The first kappa shape index (κ1) is 12.9. The second-order valence-corrected chi connectivity index (χ2v) is 3.65. The fourth-order valence-corrected chi connectivity index (χ4v) is 1.68. The maximum Gasteiger partial charge on any atom is 0.373 e. The Kier molecular flexibility index (Phi) is 3.37. The maximum atomic E-state index is 11.4. The number of nitrogens with zero attached hydrogens (tertiary/aromatic N) is 1. The number of furan rings is 1. The molecule has 0 aliphatic carbocycles. The lowest BCUT2D eigenvalue weighted by atomic mass is 10.2. The molecule has 2 aromatic rings. The van der Waals surface area contributed by atoms with Gasteiger partial charge in [-0.3, -0.25) is 10.1 Å². The topological polar surface area (TPSA) is 91.8 Å². The molecule has 0 amide bonds. The first-order chi connectivity index (χ1) is 9.06. The van der Waals surface area contributed by atoms with Crippen LogP contribution in [0.15, 0.2) is 22.6 Å². The van der Waals surface area contributed by atoms with E-state index in [0.717, 1.165) is 0 Å². The minimum Gasteiger partial charge on any atom is -0.490 e. The summed E-state index contributed by atoms with van der Waals surface area (Å²) in [5.74, 6) is -0.456. The Balaban J connectivity index is 2.63. The van der Waals surface area contributed by atoms with Crippen LogP contribution in [-0.2, 0) is 4.74 Å². The predicted molar refractivity (Wildman–Crippen MR) is 65.4 cm³/mol. The van der Waals surface area contributed by atoms with Crippen LogP contribution >= 0.6 is 0 Å². The normalized spacial score (nSPS) is 10.4. The molecule has 0 radical (unpaired) electrons. The van der Waals surface area contributed by atoms with Gasteiger partial charge in [0.1, 0.15) is 0 Å². The first-order valence-electron chi connectivity index (χ1n) is 5.50. The van der Waals surface area contributed by atoms with Crippen molar-refractivity contribution >= 4 is 22.6 Å². The Hall–Kier alpha value is -2.57. The van der Waals surface area contributed by atoms with Crippen molar-refractivity contribution in [2.75, 3.05) is 13.7 Å². The highest BCUT2D eigenvalue weighted by molar-refractivity contribution is 5.95. The number of rotatable bonds is 4. The maximum absolute atomic E-state index is 11.4. The molecule has 2 rings (SSSR count). The van der Waals surface area contributed by atoms with Gasteiger partial charge in [-0.05, 0) is 13.0 Å². The van der Waals surface area contributed by atoms with E-state index >= 15 is 0 Å². The molecular formula is C12H11NO6. The van der Waals surface area contributed by atoms with E-state index in [1.807, 2.05) is 0 Å². The quantitative estimate of drug-likeness (QED) is 0.479. The number of nitro groups is 1. The van der Waals surface area contributed by atoms with Crippen LogP contribution in [0.5, 0.6) is 5.75 Å². The molecule has 7 nitrogen and oxygen atoms in total. The van der Waals surface area contributed by atoms with Gasteiger partial charge in [0.05, 0.1) is 24.7 Å². The number of nitro benzene ring substituents is 1. The van der Waals surface area contributed by atoms with Crippen molar-refractivity contribution in [2.24, 2.45) is 0 Å². The lowest BCUT2D eigenvalue weighted by molar-refractivity contribution is -0.384. The Labute approximate surface area is 107 Å². The van der Waals surface area contributed by atoms with Crippen LogP contribution in [0.1, 0.15) is 17.5 Å². The van der Waals surface area contributed by atoms with E-state index in [-0.39, 0.29) is 22.8 Å². The summed E-state index contributed by atoms with van der Waals surface area (Å²) in [6.07, 6.45) is 0. The van der Waals surface area contributed by atoms with Gasteiger partial charge in [-0.1, -0.05) is 0 Å². The molecule has 1 aromatic carbocycles. The van der Waals surface area contributed by atoms with Crippen molar-refractivity contribution in [3.05, 3.63) is 34.1 Å². The summed E-state index contributed by atoms with van der Waals surface area (Å²) >= 11 is 0. The highest BCUT2D eigenvalue weighted by atomic mass is 16.6. The van der Waals surface area contributed by atoms with E-state index in [0.29, 0.717) is 12.0 Å². The van der Waals surface area contributed by atoms with Crippen LogP contribution in [0.3, 0.4) is 0 Å². The third kappa shape index (κ3) is 2.35. The van der Waals surface area contributed by atoms with Crippen LogP contribution in [0.4, 0.5) is 5.69 Å². The molecule has 1 heterocycles. The second-order valence-electron chi connectivity index (χ2n) is 3.65. The summed E-state index contributed by atoms with van der Waals surface area (Å²) in [5.41, 5.74) is 0.154. The van der Waals surface area contributed by atoms with Gasteiger partial charge in [-0.2, -0.15) is 0 Å². The molecular weight excluding hydrogens is 254 g/mol. The molecule has 0 N–H and O–H groups in total. The molecule has 1 aromatic heterocycles. The fourth-order valence-electron chi connectivity index (χ4n) is 1.68. The van der Waals surface area contributed by atoms with Gasteiger partial charge in [0.25, 0.3) is 5.69 Å². The van der Waals surface area contributed by atoms with Crippen LogP contribution in [0.2, 0.25) is 0 Å². The largest absolute Gasteiger partial charge is 0.490 e. The molecule has 0 atom stereocenters. The zero-order chi connectivity index (χ0) is 14.0. The molecule has 19 heavy (non-hydrogen) atoms. The molecule has 0 bridgehead atoms. The average molecular weight is 265 g/mol. The van der Waals surface area contributed by atoms with Gasteiger partial charge in [0.2, 0.25) is 5.76 Å². The van der Waals surface area contributed by atoms with Crippen molar-refractivity contribution in [2.45, 2.75) is 6.92 Å². The van der Waals surface area contributed by atoms with E-state index in [1.165, 1.54) is 25.3 Å². The zero-order valence-corrected chi connectivity index (χ0v) is 10.3. The van der Waals surface area contributed by atoms with Crippen LogP contribution in [0, 0.1) is 10.1 Å². The number of hydrogen-bond donors (Lipinski definition) is 0. The number of hydrogen-bond acceptors (Lipinski definition) is 6. The molecule has 0 aliphatic rings. The van der Waals surface area contributed by atoms with Crippen molar-refractivity contribution < 1.29 is 23.6 Å². The highest BCUT2D eigenvalue weighted by Gasteiger charge is 2.19. The van der Waals surface area contributed by atoms with Gasteiger partial charge < -0.3 is 13.9 Å². The summed E-state index contributed by atoms with van der Waals surface area (Å²) in [7, 11) is 1.22. The van der Waals surface area contributed by atoms with Crippen LogP contribution < -0.4 is 4.74 Å². The third-order valence-electron chi connectivity index (χ3n) is 2.46. The monoisotopic (exact) mass is 265 g/mol. The summed E-state index contributed by atoms with van der Waals surface area (Å²) in [4.78, 5) is 21.7. The lowest BCUT2D eigenvalue weighted by Gasteiger charge is -2.03. The minimum absolute atomic E-state index is 0.0287. The molecule has 100 valence electrons. The summed E-state index contributed by atoms with van der Waals surface area (Å²) in [6, 6.07) is 3.96. The van der Waals surface area contributed by atoms with Gasteiger partial charge in [0, 0.05) is 11.5 Å². The first-order valence-corrected chi connectivity index (χ1v) is 5.50. The minimum atomic E-state index is -0.652. The number of benzene rings is 1. The van der Waals surface area contributed by atoms with Gasteiger partial charge in [-0.15, -0.1) is 0 Å². The van der Waals surface area contributed by atoms with Gasteiger partial charge in [0.15, 0.2) is 11.3 Å². The molecule has 7 heteroatoms. The third-order valence-corrected chi connectivity index (χ3v) is 2.46. The molecule has 0 saturated carbocycles. The van der Waals surface area contributed by atoms with Crippen LogP contribution in [-0.4, -0.2) is 24.6 Å². The van der Waals surface area contributed by atoms with E-state index in [9.17, 15) is 14.9 Å². The predicted octanol–water partition coefficient (Wildman–Crippen LogP) is 2.53. The number of fused-ring (bicyclic) bond motifs is 1. The second kappa shape index (κ2) is 4.97. The fraction of sp³-hybridized carbons (Fsp3) is 0.250. The van der Waals surface area contributed by atoms with Crippen molar-refractivity contribution in [1.82, 2.24) is 0 Å². The summed E-state index contributed by atoms with van der Waals surface area (Å²) in [5, 5.41) is 11.2. The highest BCUT2D eigenvalue weighted by Crippen LogP contribution is 2.33. The lowest BCUT2D eigenvalue weighted by Crippen LogP contribution is -1.98. The molecule has 0 aliphatic heterocycles. The van der Waals surface area contributed by atoms with E-state index in [4.69, 9.17) is 9.15 Å². The smallest absolute Gasteiger partial charge is 0.373 e. The number of non-ortho nitro benzene ring substituents is 1.